The lowest BCUT2D eigenvalue weighted by atomic mass is 9.66. The van der Waals surface area contributed by atoms with Gasteiger partial charge < -0.3 is 5.21 Å². The Balaban J connectivity index is 1.52. The van der Waals surface area contributed by atoms with Gasteiger partial charge in [-0.25, -0.2) is 4.39 Å². The normalized spacial score (nSPS) is 24.1. The molecule has 18 heavy (non-hydrogen) atoms. The zero-order chi connectivity index (χ0) is 12.6. The second kappa shape index (κ2) is 4.59. The highest BCUT2D eigenvalue weighted by Gasteiger charge is 2.44. The zero-order valence-electron chi connectivity index (χ0n) is 10.5. The first-order valence-electron chi connectivity index (χ1n) is 6.70. The highest BCUT2D eigenvalue weighted by molar-refractivity contribution is 5.07. The van der Waals surface area contributed by atoms with Gasteiger partial charge in [-0.05, 0) is 50.2 Å². The van der Waals surface area contributed by atoms with Crippen LogP contribution < -0.4 is 0 Å². The average molecular weight is 250 g/mol. The van der Waals surface area contributed by atoms with Crippen molar-refractivity contribution in [2.45, 2.75) is 32.1 Å². The Morgan fingerprint density at radius 2 is 2.06 bits per heavy atom. The van der Waals surface area contributed by atoms with Crippen LogP contribution in [0.5, 0.6) is 0 Å². The van der Waals surface area contributed by atoms with Gasteiger partial charge in [0.2, 0.25) is 0 Å². The monoisotopic (exact) mass is 250 g/mol. The first kappa shape index (κ1) is 12.1. The van der Waals surface area contributed by atoms with E-state index in [0.29, 0.717) is 11.3 Å². The standard InChI is InChI=1S/C14H19FN2O/c15-12-1-2-13(16-8-12)7-11-3-5-14(6-4-11)9-17(18)10-14/h1-2,8,11,18H,3-7,9-10H2. The summed E-state index contributed by atoms with van der Waals surface area (Å²) in [6.07, 6.45) is 7.07. The van der Waals surface area contributed by atoms with E-state index in [1.165, 1.54) is 43.0 Å². The summed E-state index contributed by atoms with van der Waals surface area (Å²) < 4.78 is 12.8. The van der Waals surface area contributed by atoms with Gasteiger partial charge in [0.1, 0.15) is 5.82 Å². The number of aromatic nitrogens is 1. The first-order chi connectivity index (χ1) is 8.65. The summed E-state index contributed by atoms with van der Waals surface area (Å²) in [5.41, 5.74) is 1.39. The predicted molar refractivity (Wildman–Crippen MR) is 65.6 cm³/mol. The van der Waals surface area contributed by atoms with Gasteiger partial charge in [0.15, 0.2) is 0 Å². The van der Waals surface area contributed by atoms with Gasteiger partial charge in [0, 0.05) is 24.2 Å². The lowest BCUT2D eigenvalue weighted by Gasteiger charge is -2.50. The fourth-order valence-electron chi connectivity index (χ4n) is 3.36. The molecule has 4 heteroatoms. The van der Waals surface area contributed by atoms with Crippen LogP contribution in [0.2, 0.25) is 0 Å². The van der Waals surface area contributed by atoms with E-state index in [4.69, 9.17) is 0 Å². The second-order valence-corrected chi connectivity index (χ2v) is 5.94. The number of nitrogens with zero attached hydrogens (tertiary/aromatic N) is 2. The molecule has 0 aromatic carbocycles. The van der Waals surface area contributed by atoms with E-state index in [1.54, 1.807) is 6.07 Å². The third-order valence-electron chi connectivity index (χ3n) is 4.49. The highest BCUT2D eigenvalue weighted by Crippen LogP contribution is 2.45. The number of pyridine rings is 1. The van der Waals surface area contributed by atoms with Gasteiger partial charge in [-0.15, -0.1) is 0 Å². The maximum atomic E-state index is 12.8. The van der Waals surface area contributed by atoms with E-state index >= 15 is 0 Å². The molecule has 0 unspecified atom stereocenters. The van der Waals surface area contributed by atoms with E-state index < -0.39 is 0 Å². The van der Waals surface area contributed by atoms with Crippen LogP contribution in [0.25, 0.3) is 0 Å². The van der Waals surface area contributed by atoms with Gasteiger partial charge in [0.05, 0.1) is 6.20 Å². The lowest BCUT2D eigenvalue weighted by Crippen LogP contribution is -2.55. The third-order valence-corrected chi connectivity index (χ3v) is 4.49. The number of rotatable bonds is 2. The van der Waals surface area contributed by atoms with Crippen molar-refractivity contribution in [1.82, 2.24) is 10.0 Å². The van der Waals surface area contributed by atoms with E-state index in [0.717, 1.165) is 25.2 Å². The second-order valence-electron chi connectivity index (χ2n) is 5.94. The molecule has 1 spiro atoms. The summed E-state index contributed by atoms with van der Waals surface area (Å²) in [5.74, 6) is 0.403. The largest absolute Gasteiger partial charge is 0.314 e. The molecule has 1 aromatic rings. The van der Waals surface area contributed by atoms with Crippen molar-refractivity contribution >= 4 is 0 Å². The molecule has 2 aliphatic rings. The van der Waals surface area contributed by atoms with Crippen LogP contribution in [-0.2, 0) is 6.42 Å². The van der Waals surface area contributed by atoms with E-state index in [9.17, 15) is 9.60 Å². The summed E-state index contributed by atoms with van der Waals surface area (Å²) in [6, 6.07) is 3.28. The fraction of sp³-hybridized carbons (Fsp3) is 0.643. The molecule has 1 saturated heterocycles. The molecule has 0 bridgehead atoms. The number of hydrogen-bond donors (Lipinski definition) is 1. The molecule has 3 rings (SSSR count). The molecule has 1 aliphatic carbocycles. The Morgan fingerprint density at radius 3 is 2.61 bits per heavy atom. The van der Waals surface area contributed by atoms with Gasteiger partial charge in [-0.1, -0.05) is 0 Å². The SMILES string of the molecule is ON1CC2(CCC(Cc3ccc(F)cn3)CC2)C1. The molecule has 2 heterocycles. The van der Waals surface area contributed by atoms with Crippen LogP contribution in [0, 0.1) is 17.2 Å². The predicted octanol–water partition coefficient (Wildman–Crippen LogP) is 2.64. The molecule has 2 fully saturated rings. The Labute approximate surface area is 107 Å². The molecule has 98 valence electrons. The van der Waals surface area contributed by atoms with Crippen molar-refractivity contribution in [2.24, 2.45) is 11.3 Å². The van der Waals surface area contributed by atoms with Crippen molar-refractivity contribution in [3.8, 4) is 0 Å². The van der Waals surface area contributed by atoms with Gasteiger partial charge in [0.25, 0.3) is 0 Å². The van der Waals surface area contributed by atoms with Crippen molar-refractivity contribution < 1.29 is 9.60 Å². The number of halogens is 1. The van der Waals surface area contributed by atoms with E-state index in [1.807, 2.05) is 0 Å². The summed E-state index contributed by atoms with van der Waals surface area (Å²) in [5, 5.41) is 10.7. The van der Waals surface area contributed by atoms with Crippen LogP contribution in [-0.4, -0.2) is 28.3 Å². The molecule has 0 radical (unpaired) electrons. The Morgan fingerprint density at radius 1 is 1.33 bits per heavy atom. The quantitative estimate of drug-likeness (QED) is 0.876. The Bertz CT molecular complexity index is 404. The van der Waals surface area contributed by atoms with Gasteiger partial charge >= 0.3 is 0 Å². The van der Waals surface area contributed by atoms with Crippen LogP contribution in [0.1, 0.15) is 31.4 Å². The van der Waals surface area contributed by atoms with Crippen molar-refractivity contribution in [1.29, 1.82) is 0 Å². The summed E-state index contributed by atoms with van der Waals surface area (Å²) in [6.45, 7) is 1.68. The fourth-order valence-corrected chi connectivity index (χ4v) is 3.36. The molecule has 0 atom stereocenters. The van der Waals surface area contributed by atoms with Crippen LogP contribution >= 0.6 is 0 Å². The molecule has 1 aromatic heterocycles. The average Bonchev–Trinajstić information content (AvgIpc) is 2.33. The van der Waals surface area contributed by atoms with Gasteiger partial charge in [-0.3, -0.25) is 4.98 Å². The molecular weight excluding hydrogens is 231 g/mol. The van der Waals surface area contributed by atoms with Crippen molar-refractivity contribution in [3.05, 3.63) is 29.8 Å². The van der Waals surface area contributed by atoms with Gasteiger partial charge in [-0.2, -0.15) is 5.06 Å². The number of hydrogen-bond acceptors (Lipinski definition) is 3. The molecular formula is C14H19FN2O. The maximum Gasteiger partial charge on any atom is 0.141 e. The summed E-state index contributed by atoms with van der Waals surface area (Å²) in [4.78, 5) is 4.13. The number of hydroxylamine groups is 2. The Hall–Kier alpha value is -1.00. The van der Waals surface area contributed by atoms with E-state index in [-0.39, 0.29) is 5.82 Å². The smallest absolute Gasteiger partial charge is 0.141 e. The minimum Gasteiger partial charge on any atom is -0.314 e. The molecule has 1 saturated carbocycles. The van der Waals surface area contributed by atoms with Crippen molar-refractivity contribution in [3.63, 3.8) is 0 Å². The molecule has 1 aliphatic heterocycles. The minimum atomic E-state index is -0.265. The van der Waals surface area contributed by atoms with Crippen LogP contribution in [0.15, 0.2) is 18.3 Å². The maximum absolute atomic E-state index is 12.8. The first-order valence-corrected chi connectivity index (χ1v) is 6.70. The summed E-state index contributed by atoms with van der Waals surface area (Å²) in [7, 11) is 0. The van der Waals surface area contributed by atoms with E-state index in [2.05, 4.69) is 4.98 Å². The highest BCUT2D eigenvalue weighted by atomic mass is 19.1. The molecule has 1 N–H and O–H groups in total. The molecule has 0 amide bonds. The van der Waals surface area contributed by atoms with Crippen LogP contribution in [0.4, 0.5) is 4.39 Å². The minimum absolute atomic E-state index is 0.265. The topological polar surface area (TPSA) is 36.4 Å². The summed E-state index contributed by atoms with van der Waals surface area (Å²) >= 11 is 0. The Kier molecular flexibility index (Phi) is 3.08. The third kappa shape index (κ3) is 2.40. The lowest BCUT2D eigenvalue weighted by molar-refractivity contribution is -0.218. The van der Waals surface area contributed by atoms with Crippen molar-refractivity contribution in [2.75, 3.05) is 13.1 Å². The zero-order valence-corrected chi connectivity index (χ0v) is 10.5. The molecule has 3 nitrogen and oxygen atoms in total. The van der Waals surface area contributed by atoms with Crippen LogP contribution in [0.3, 0.4) is 0 Å².